The van der Waals surface area contributed by atoms with Crippen molar-refractivity contribution in [2.45, 2.75) is 45.1 Å². The second-order valence-electron chi connectivity index (χ2n) is 6.02. The van der Waals surface area contributed by atoms with Crippen LogP contribution in [0.5, 0.6) is 0 Å². The van der Waals surface area contributed by atoms with Crippen molar-refractivity contribution in [1.82, 2.24) is 0 Å². The lowest BCUT2D eigenvalue weighted by molar-refractivity contribution is 0.227. The van der Waals surface area contributed by atoms with E-state index in [4.69, 9.17) is 10.2 Å². The van der Waals surface area contributed by atoms with Gasteiger partial charge in [-0.3, -0.25) is 0 Å². The second kappa shape index (κ2) is 5.90. The van der Waals surface area contributed by atoms with Gasteiger partial charge in [-0.1, -0.05) is 38.3 Å². The Hall–Kier alpha value is -0.800. The Morgan fingerprint density at radius 1 is 1.30 bits per heavy atom. The Morgan fingerprint density at radius 3 is 2.70 bits per heavy atom. The summed E-state index contributed by atoms with van der Waals surface area (Å²) < 4.78 is 7.00. The summed E-state index contributed by atoms with van der Waals surface area (Å²) in [6, 6.07) is 8.26. The number of halogens is 1. The van der Waals surface area contributed by atoms with Crippen molar-refractivity contribution in [3.05, 3.63) is 34.5 Å². The Bertz CT molecular complexity index is 584. The van der Waals surface area contributed by atoms with E-state index in [1.807, 2.05) is 12.1 Å². The van der Waals surface area contributed by atoms with E-state index in [1.165, 1.54) is 32.1 Å². The van der Waals surface area contributed by atoms with Crippen molar-refractivity contribution in [2.75, 3.05) is 0 Å². The molecule has 0 aliphatic heterocycles. The number of para-hydroxylation sites is 1. The summed E-state index contributed by atoms with van der Waals surface area (Å²) >= 11 is 3.54. The van der Waals surface area contributed by atoms with Gasteiger partial charge in [0.05, 0.1) is 10.5 Å². The van der Waals surface area contributed by atoms with E-state index in [0.29, 0.717) is 5.92 Å². The number of benzene rings is 1. The zero-order valence-electron chi connectivity index (χ0n) is 11.9. The first-order valence-electron chi connectivity index (χ1n) is 7.62. The Labute approximate surface area is 128 Å². The van der Waals surface area contributed by atoms with Crippen molar-refractivity contribution >= 4 is 26.9 Å². The van der Waals surface area contributed by atoms with Gasteiger partial charge in [-0.25, -0.2) is 0 Å². The van der Waals surface area contributed by atoms with E-state index in [-0.39, 0.29) is 6.04 Å². The fourth-order valence-electron chi connectivity index (χ4n) is 3.40. The van der Waals surface area contributed by atoms with E-state index in [1.54, 1.807) is 0 Å². The van der Waals surface area contributed by atoms with Crippen LogP contribution in [0.1, 0.15) is 50.8 Å². The summed E-state index contributed by atoms with van der Waals surface area (Å²) in [5, 5.41) is 1.13. The highest BCUT2D eigenvalue weighted by Crippen LogP contribution is 2.38. The van der Waals surface area contributed by atoms with Gasteiger partial charge in [0.1, 0.15) is 11.3 Å². The molecule has 1 aromatic carbocycles. The fourth-order valence-corrected chi connectivity index (χ4v) is 3.86. The number of hydrogen-bond acceptors (Lipinski definition) is 2. The van der Waals surface area contributed by atoms with Gasteiger partial charge in [-0.15, -0.1) is 0 Å². The summed E-state index contributed by atoms with van der Waals surface area (Å²) in [6.45, 7) is 2.29. The third-order valence-electron chi connectivity index (χ3n) is 4.82. The van der Waals surface area contributed by atoms with Crippen LogP contribution in [-0.4, -0.2) is 0 Å². The van der Waals surface area contributed by atoms with Crippen LogP contribution in [0.25, 0.3) is 11.0 Å². The number of rotatable bonds is 3. The molecule has 1 atom stereocenters. The molecular formula is C17H22BrNO. The Morgan fingerprint density at radius 2 is 2.05 bits per heavy atom. The van der Waals surface area contributed by atoms with E-state index >= 15 is 0 Å². The molecule has 1 unspecified atom stereocenters. The summed E-state index contributed by atoms with van der Waals surface area (Å²) in [5.74, 6) is 2.41. The highest BCUT2D eigenvalue weighted by atomic mass is 79.9. The third-order valence-corrected chi connectivity index (χ3v) is 5.44. The molecule has 0 radical (unpaired) electrons. The predicted molar refractivity (Wildman–Crippen MR) is 86.6 cm³/mol. The largest absolute Gasteiger partial charge is 0.458 e. The first-order chi connectivity index (χ1) is 9.69. The van der Waals surface area contributed by atoms with Gasteiger partial charge in [0.25, 0.3) is 0 Å². The summed E-state index contributed by atoms with van der Waals surface area (Å²) in [7, 11) is 0. The monoisotopic (exact) mass is 335 g/mol. The highest BCUT2D eigenvalue weighted by molar-refractivity contribution is 9.10. The van der Waals surface area contributed by atoms with Crippen LogP contribution in [0.2, 0.25) is 0 Å². The van der Waals surface area contributed by atoms with Gasteiger partial charge in [0.15, 0.2) is 0 Å². The molecule has 2 aromatic rings. The molecule has 2 nitrogen and oxygen atoms in total. The maximum absolute atomic E-state index is 6.46. The van der Waals surface area contributed by atoms with E-state index in [0.717, 1.165) is 27.1 Å². The topological polar surface area (TPSA) is 39.2 Å². The van der Waals surface area contributed by atoms with Gasteiger partial charge < -0.3 is 10.2 Å². The molecule has 2 N–H and O–H groups in total. The molecule has 1 aliphatic rings. The first-order valence-corrected chi connectivity index (χ1v) is 8.42. The average Bonchev–Trinajstić information content (AvgIpc) is 2.92. The normalized spacial score (nSPS) is 24.9. The van der Waals surface area contributed by atoms with Crippen LogP contribution >= 0.6 is 15.9 Å². The molecule has 0 bridgehead atoms. The van der Waals surface area contributed by atoms with Gasteiger partial charge >= 0.3 is 0 Å². The van der Waals surface area contributed by atoms with Gasteiger partial charge in [-0.05, 0) is 52.7 Å². The van der Waals surface area contributed by atoms with Crippen LogP contribution in [0.3, 0.4) is 0 Å². The minimum Gasteiger partial charge on any atom is -0.458 e. The Balaban J connectivity index is 1.79. The molecule has 20 heavy (non-hydrogen) atoms. The lowest BCUT2D eigenvalue weighted by atomic mass is 9.77. The van der Waals surface area contributed by atoms with Crippen LogP contribution in [0.15, 0.2) is 33.2 Å². The smallest absolute Gasteiger partial charge is 0.148 e. The SMILES string of the molecule is CCC1CCC(C(N)c2cc3cccc(Br)c3o2)CC1. The molecule has 1 aromatic heterocycles. The fraction of sp³-hybridized carbons (Fsp3) is 0.529. The van der Waals surface area contributed by atoms with Crippen LogP contribution < -0.4 is 5.73 Å². The zero-order valence-corrected chi connectivity index (χ0v) is 13.5. The summed E-state index contributed by atoms with van der Waals surface area (Å²) in [4.78, 5) is 0. The van der Waals surface area contributed by atoms with Gasteiger partial charge in [-0.2, -0.15) is 0 Å². The molecular weight excluding hydrogens is 314 g/mol. The van der Waals surface area contributed by atoms with Crippen molar-refractivity contribution in [1.29, 1.82) is 0 Å². The molecule has 3 heteroatoms. The van der Waals surface area contributed by atoms with Gasteiger partial charge in [0, 0.05) is 5.39 Å². The predicted octanol–water partition coefficient (Wildman–Crippen LogP) is 5.41. The number of hydrogen-bond donors (Lipinski definition) is 1. The molecule has 1 fully saturated rings. The summed E-state index contributed by atoms with van der Waals surface area (Å²) in [5.41, 5.74) is 7.38. The number of nitrogens with two attached hydrogens (primary N) is 1. The second-order valence-corrected chi connectivity index (χ2v) is 6.88. The maximum Gasteiger partial charge on any atom is 0.148 e. The highest BCUT2D eigenvalue weighted by Gasteiger charge is 2.27. The molecule has 0 saturated heterocycles. The van der Waals surface area contributed by atoms with E-state index in [9.17, 15) is 0 Å². The quantitative estimate of drug-likeness (QED) is 0.814. The molecule has 3 rings (SSSR count). The van der Waals surface area contributed by atoms with Crippen molar-refractivity contribution in [3.63, 3.8) is 0 Å². The molecule has 1 heterocycles. The average molecular weight is 336 g/mol. The molecule has 1 aliphatic carbocycles. The Kier molecular flexibility index (Phi) is 4.18. The standard InChI is InChI=1S/C17H22BrNO/c1-2-11-6-8-12(9-7-11)16(19)15-10-13-4-3-5-14(18)17(13)20-15/h3-5,10-12,16H,2,6-9,19H2,1H3. The molecule has 0 spiro atoms. The third kappa shape index (κ3) is 2.66. The van der Waals surface area contributed by atoms with E-state index < -0.39 is 0 Å². The van der Waals surface area contributed by atoms with Crippen molar-refractivity contribution in [3.8, 4) is 0 Å². The number of fused-ring (bicyclic) bond motifs is 1. The van der Waals surface area contributed by atoms with Crippen LogP contribution in [0, 0.1) is 11.8 Å². The van der Waals surface area contributed by atoms with Gasteiger partial charge in [0.2, 0.25) is 0 Å². The lowest BCUT2D eigenvalue weighted by Crippen LogP contribution is -2.25. The molecule has 108 valence electrons. The van der Waals surface area contributed by atoms with Crippen LogP contribution in [0.4, 0.5) is 0 Å². The summed E-state index contributed by atoms with van der Waals surface area (Å²) in [6.07, 6.45) is 6.41. The minimum absolute atomic E-state index is 0.0344. The first kappa shape index (κ1) is 14.2. The van der Waals surface area contributed by atoms with Crippen LogP contribution in [-0.2, 0) is 0 Å². The molecule has 1 saturated carbocycles. The van der Waals surface area contributed by atoms with Crippen molar-refractivity contribution in [2.24, 2.45) is 17.6 Å². The minimum atomic E-state index is 0.0344. The number of furan rings is 1. The van der Waals surface area contributed by atoms with E-state index in [2.05, 4.69) is 35.0 Å². The lowest BCUT2D eigenvalue weighted by Gasteiger charge is -2.30. The maximum atomic E-state index is 6.46. The van der Waals surface area contributed by atoms with Crippen molar-refractivity contribution < 1.29 is 4.42 Å². The zero-order chi connectivity index (χ0) is 14.1. The molecule has 0 amide bonds.